The molecule has 3 N–H and O–H groups in total. The largest absolute Gasteiger partial charge is 0.374 e. The molecule has 3 rings (SSSR count). The van der Waals surface area contributed by atoms with Crippen molar-refractivity contribution in [1.29, 1.82) is 0 Å². The van der Waals surface area contributed by atoms with Gasteiger partial charge in [0.05, 0.1) is 0 Å². The molecule has 1 atom stereocenters. The van der Waals surface area contributed by atoms with E-state index in [0.29, 0.717) is 50.1 Å². The summed E-state index contributed by atoms with van der Waals surface area (Å²) in [6.45, 7) is 3.26. The van der Waals surface area contributed by atoms with E-state index >= 15 is 0 Å². The molecule has 1 aromatic carbocycles. The van der Waals surface area contributed by atoms with Crippen molar-refractivity contribution in [3.63, 3.8) is 0 Å². The van der Waals surface area contributed by atoms with Gasteiger partial charge in [0.25, 0.3) is 5.91 Å². The zero-order valence-electron chi connectivity index (χ0n) is 19.3. The van der Waals surface area contributed by atoms with Crippen LogP contribution in [0.2, 0.25) is 0 Å². The summed E-state index contributed by atoms with van der Waals surface area (Å²) >= 11 is 0. The normalized spacial score (nSPS) is 11.9. The van der Waals surface area contributed by atoms with Gasteiger partial charge in [-0.05, 0) is 79.8 Å². The molecule has 186 valence electrons. The van der Waals surface area contributed by atoms with Gasteiger partial charge in [-0.3, -0.25) is 14.9 Å². The van der Waals surface area contributed by atoms with Crippen LogP contribution in [0.5, 0.6) is 0 Å². The third-order valence-electron chi connectivity index (χ3n) is 5.53. The Balaban J connectivity index is 1.59. The highest BCUT2D eigenvalue weighted by molar-refractivity contribution is 5.83. The fraction of sp³-hybridized carbons (Fsp3) is 0.320. The number of aromatic nitrogens is 2. The number of hydroxylamine groups is 1. The van der Waals surface area contributed by atoms with E-state index in [4.69, 9.17) is 5.21 Å². The Morgan fingerprint density at radius 3 is 2.11 bits per heavy atom. The second kappa shape index (κ2) is 12.8. The lowest BCUT2D eigenvalue weighted by Crippen LogP contribution is -2.38. The van der Waals surface area contributed by atoms with Gasteiger partial charge in [-0.15, -0.1) is 0 Å². The molecular formula is C25H28F3N5O2. The summed E-state index contributed by atoms with van der Waals surface area (Å²) in [4.78, 5) is 21.6. The highest BCUT2D eigenvalue weighted by Crippen LogP contribution is 2.17. The Bertz CT molecular complexity index is 1050. The average molecular weight is 488 g/mol. The van der Waals surface area contributed by atoms with Gasteiger partial charge in [0.1, 0.15) is 11.9 Å². The first-order valence-electron chi connectivity index (χ1n) is 11.2. The number of hydrogen-bond donors (Lipinski definition) is 3. The molecule has 35 heavy (non-hydrogen) atoms. The number of carbonyl (C=O) groups is 1. The molecular weight excluding hydrogens is 459 g/mol. The molecule has 0 saturated heterocycles. The Morgan fingerprint density at radius 2 is 1.60 bits per heavy atom. The number of unbranched alkanes of at least 4 members (excludes halogenated alkanes) is 1. The van der Waals surface area contributed by atoms with E-state index in [0.717, 1.165) is 11.1 Å². The molecule has 10 heteroatoms. The Hall–Kier alpha value is -3.50. The zero-order chi connectivity index (χ0) is 25.2. The predicted molar refractivity (Wildman–Crippen MR) is 125 cm³/mol. The molecule has 1 amide bonds. The lowest BCUT2D eigenvalue weighted by atomic mass is 10.1. The first-order valence-corrected chi connectivity index (χ1v) is 11.2. The second-order valence-electron chi connectivity index (χ2n) is 8.32. The lowest BCUT2D eigenvalue weighted by Gasteiger charge is -2.23. The number of anilines is 1. The molecule has 2 aromatic heterocycles. The van der Waals surface area contributed by atoms with Crippen molar-refractivity contribution in [2.24, 2.45) is 0 Å². The molecule has 7 nitrogen and oxygen atoms in total. The minimum Gasteiger partial charge on any atom is -0.374 e. The molecule has 0 spiro atoms. The minimum absolute atomic E-state index is 0.341. The highest BCUT2D eigenvalue weighted by Gasteiger charge is 2.18. The first-order chi connectivity index (χ1) is 16.8. The molecule has 2 heterocycles. The van der Waals surface area contributed by atoms with Crippen LogP contribution >= 0.6 is 0 Å². The van der Waals surface area contributed by atoms with Crippen molar-refractivity contribution < 1.29 is 23.2 Å². The zero-order valence-corrected chi connectivity index (χ0v) is 19.3. The Morgan fingerprint density at radius 1 is 0.971 bits per heavy atom. The van der Waals surface area contributed by atoms with Crippen molar-refractivity contribution in [2.45, 2.75) is 45.3 Å². The Kier molecular flexibility index (Phi) is 9.56. The van der Waals surface area contributed by atoms with E-state index in [2.05, 4.69) is 20.2 Å². The second-order valence-corrected chi connectivity index (χ2v) is 8.32. The maximum atomic E-state index is 13.5. The molecule has 0 radical (unpaired) electrons. The van der Waals surface area contributed by atoms with Crippen LogP contribution in [0.25, 0.3) is 0 Å². The quantitative estimate of drug-likeness (QED) is 0.152. The van der Waals surface area contributed by atoms with Crippen LogP contribution in [0.1, 0.15) is 36.0 Å². The summed E-state index contributed by atoms with van der Waals surface area (Å²) < 4.78 is 39.9. The molecule has 0 fully saturated rings. The van der Waals surface area contributed by atoms with Gasteiger partial charge in [0, 0.05) is 31.2 Å². The molecule has 0 bridgehead atoms. The molecule has 0 saturated carbocycles. The van der Waals surface area contributed by atoms with Crippen LogP contribution < -0.4 is 10.8 Å². The van der Waals surface area contributed by atoms with E-state index in [-0.39, 0.29) is 5.82 Å². The maximum absolute atomic E-state index is 13.5. The van der Waals surface area contributed by atoms with E-state index in [1.807, 2.05) is 0 Å². The lowest BCUT2D eigenvalue weighted by molar-refractivity contribution is -0.130. The summed E-state index contributed by atoms with van der Waals surface area (Å²) in [5.74, 6) is -2.04. The van der Waals surface area contributed by atoms with Gasteiger partial charge in [-0.1, -0.05) is 12.1 Å². The van der Waals surface area contributed by atoms with E-state index in [1.165, 1.54) is 36.7 Å². The molecule has 1 unspecified atom stereocenters. The fourth-order valence-corrected chi connectivity index (χ4v) is 3.70. The number of aryl methyl sites for hydroxylation is 1. The number of benzene rings is 1. The number of nitrogens with one attached hydrogen (secondary N) is 2. The van der Waals surface area contributed by atoms with Crippen LogP contribution in [0, 0.1) is 24.6 Å². The van der Waals surface area contributed by atoms with Gasteiger partial charge in [-0.2, -0.15) is 8.78 Å². The van der Waals surface area contributed by atoms with Crippen molar-refractivity contribution in [3.05, 3.63) is 89.3 Å². The summed E-state index contributed by atoms with van der Waals surface area (Å²) in [5, 5.41) is 12.2. The number of nitrogens with zero attached hydrogens (tertiary/aromatic N) is 3. The number of carbonyl (C=O) groups excluding carboxylic acids is 1. The SMILES string of the molecule is Cc1cc(NC(CCCCN(Cc2ccc(F)nc2)Cc2ccc(F)nc2)C(=O)NO)ccc1F. The minimum atomic E-state index is -0.707. The van der Waals surface area contributed by atoms with Gasteiger partial charge in [-0.25, -0.2) is 19.8 Å². The smallest absolute Gasteiger partial charge is 0.265 e. The maximum Gasteiger partial charge on any atom is 0.265 e. The number of halogens is 3. The predicted octanol–water partition coefficient (Wildman–Crippen LogP) is 4.36. The summed E-state index contributed by atoms with van der Waals surface area (Å²) in [6.07, 6.45) is 4.73. The molecule has 0 aliphatic heterocycles. The number of hydrogen-bond acceptors (Lipinski definition) is 6. The van der Waals surface area contributed by atoms with Crippen molar-refractivity contribution in [3.8, 4) is 0 Å². The monoisotopic (exact) mass is 487 g/mol. The molecule has 0 aliphatic rings. The number of amides is 1. The average Bonchev–Trinajstić information content (AvgIpc) is 2.85. The van der Waals surface area contributed by atoms with E-state index in [9.17, 15) is 18.0 Å². The number of pyridine rings is 2. The fourth-order valence-electron chi connectivity index (χ4n) is 3.70. The molecule has 3 aromatic rings. The van der Waals surface area contributed by atoms with Crippen LogP contribution in [0.15, 0.2) is 54.9 Å². The van der Waals surface area contributed by atoms with Crippen molar-refractivity contribution in [1.82, 2.24) is 20.3 Å². The summed E-state index contributed by atoms with van der Waals surface area (Å²) in [6, 6.07) is 9.67. The highest BCUT2D eigenvalue weighted by atomic mass is 19.1. The van der Waals surface area contributed by atoms with Crippen LogP contribution in [0.4, 0.5) is 18.9 Å². The van der Waals surface area contributed by atoms with Crippen LogP contribution in [-0.4, -0.2) is 38.6 Å². The van der Waals surface area contributed by atoms with Gasteiger partial charge < -0.3 is 5.32 Å². The number of rotatable bonds is 12. The first kappa shape index (κ1) is 26.1. The van der Waals surface area contributed by atoms with Crippen molar-refractivity contribution >= 4 is 11.6 Å². The van der Waals surface area contributed by atoms with E-state index in [1.54, 1.807) is 30.6 Å². The standard InChI is InChI=1S/C25H28F3N5O2/c1-17-12-20(7-8-21(17)26)31-22(25(34)32-35)4-2-3-11-33(15-18-5-9-23(27)29-13-18)16-19-6-10-24(28)30-14-19/h5-10,12-14,22,31,35H,2-4,11,15-16H2,1H3,(H,32,34). The van der Waals surface area contributed by atoms with Gasteiger partial charge >= 0.3 is 0 Å². The van der Waals surface area contributed by atoms with E-state index < -0.39 is 23.8 Å². The van der Waals surface area contributed by atoms with Crippen molar-refractivity contribution in [2.75, 3.05) is 11.9 Å². The topological polar surface area (TPSA) is 90.4 Å². The summed E-state index contributed by atoms with van der Waals surface area (Å²) in [7, 11) is 0. The Labute approximate surface area is 202 Å². The summed E-state index contributed by atoms with van der Waals surface area (Å²) in [5.41, 5.74) is 4.35. The third-order valence-corrected chi connectivity index (χ3v) is 5.53. The van der Waals surface area contributed by atoms with Gasteiger partial charge in [0.2, 0.25) is 11.9 Å². The molecule has 0 aliphatic carbocycles. The van der Waals surface area contributed by atoms with Gasteiger partial charge in [0.15, 0.2) is 0 Å². The van der Waals surface area contributed by atoms with Crippen LogP contribution in [-0.2, 0) is 17.9 Å². The van der Waals surface area contributed by atoms with Crippen LogP contribution in [0.3, 0.4) is 0 Å². The third kappa shape index (κ3) is 8.34.